The number of nitrogens with two attached hydrogens (primary N) is 1. The Morgan fingerprint density at radius 2 is 1.89 bits per heavy atom. The number of imidazole rings is 1. The van der Waals surface area contributed by atoms with Crippen LogP contribution in [0.4, 0.5) is 10.2 Å². The molecule has 0 aliphatic heterocycles. The highest BCUT2D eigenvalue weighted by atomic mass is 19.1. The van der Waals surface area contributed by atoms with Crippen LogP contribution in [0.15, 0.2) is 55.1 Å². The lowest BCUT2D eigenvalue weighted by Gasteiger charge is -2.09. The van der Waals surface area contributed by atoms with Crippen LogP contribution in [0.3, 0.4) is 0 Å². The molecule has 0 fully saturated rings. The van der Waals surface area contributed by atoms with Crippen molar-refractivity contribution in [2.45, 2.75) is 0 Å². The van der Waals surface area contributed by atoms with Gasteiger partial charge < -0.3 is 5.73 Å². The van der Waals surface area contributed by atoms with Crippen LogP contribution in [0.1, 0.15) is 0 Å². The second-order valence-electron chi connectivity index (χ2n) is 4.06. The predicted octanol–water partition coefficient (Wildman–Crippen LogP) is 2.66. The molecule has 5 heteroatoms. The van der Waals surface area contributed by atoms with Crippen molar-refractivity contribution in [1.82, 2.24) is 14.5 Å². The van der Waals surface area contributed by atoms with Crippen molar-refractivity contribution >= 4 is 5.82 Å². The molecule has 0 radical (unpaired) electrons. The van der Waals surface area contributed by atoms with Crippen LogP contribution in [0, 0.1) is 5.82 Å². The molecule has 3 aromatic rings. The molecule has 0 saturated heterocycles. The summed E-state index contributed by atoms with van der Waals surface area (Å²) in [4.78, 5) is 8.18. The van der Waals surface area contributed by atoms with Crippen LogP contribution < -0.4 is 5.73 Å². The zero-order valence-corrected chi connectivity index (χ0v) is 9.99. The molecule has 0 unspecified atom stereocenters. The molecule has 0 aliphatic rings. The molecule has 0 saturated carbocycles. The molecule has 1 aromatic carbocycles. The van der Waals surface area contributed by atoms with E-state index in [1.54, 1.807) is 30.9 Å². The lowest BCUT2D eigenvalue weighted by atomic mass is 10.2. The van der Waals surface area contributed by atoms with Crippen molar-refractivity contribution in [2.75, 3.05) is 5.73 Å². The minimum atomic E-state index is -0.272. The molecule has 0 aliphatic carbocycles. The zero-order chi connectivity index (χ0) is 13.2. The summed E-state index contributed by atoms with van der Waals surface area (Å²) in [6, 6.07) is 9.88. The van der Waals surface area contributed by atoms with E-state index < -0.39 is 0 Å². The third-order valence-electron chi connectivity index (χ3n) is 2.86. The van der Waals surface area contributed by atoms with E-state index >= 15 is 0 Å². The molecule has 0 spiro atoms. The van der Waals surface area contributed by atoms with Gasteiger partial charge in [-0.15, -0.1) is 0 Å². The zero-order valence-electron chi connectivity index (χ0n) is 9.99. The Balaban J connectivity index is 2.13. The van der Waals surface area contributed by atoms with Crippen molar-refractivity contribution in [3.05, 3.63) is 60.9 Å². The van der Waals surface area contributed by atoms with E-state index in [0.29, 0.717) is 5.82 Å². The van der Waals surface area contributed by atoms with Crippen molar-refractivity contribution in [1.29, 1.82) is 0 Å². The van der Waals surface area contributed by atoms with E-state index in [1.807, 2.05) is 16.7 Å². The summed E-state index contributed by atoms with van der Waals surface area (Å²) < 4.78 is 14.8. The number of aromatic nitrogens is 3. The lowest BCUT2D eigenvalue weighted by molar-refractivity contribution is 0.627. The number of hydrogen-bond acceptors (Lipinski definition) is 3. The number of pyridine rings is 1. The standard InChI is InChI=1S/C14H11FN4/c15-10-3-5-11(6-4-10)19-9-17-8-13(19)12-2-1-7-18-14(12)16/h1-9H,(H2,16,18). The average Bonchev–Trinajstić information content (AvgIpc) is 2.89. The van der Waals surface area contributed by atoms with Gasteiger partial charge in [-0.25, -0.2) is 14.4 Å². The van der Waals surface area contributed by atoms with Crippen LogP contribution in [-0.2, 0) is 0 Å². The number of anilines is 1. The maximum Gasteiger partial charge on any atom is 0.132 e. The number of hydrogen-bond donors (Lipinski definition) is 1. The first-order valence-corrected chi connectivity index (χ1v) is 5.75. The Morgan fingerprint density at radius 3 is 2.63 bits per heavy atom. The third kappa shape index (κ3) is 2.06. The monoisotopic (exact) mass is 254 g/mol. The molecule has 94 valence electrons. The first-order chi connectivity index (χ1) is 9.25. The van der Waals surface area contributed by atoms with Crippen LogP contribution >= 0.6 is 0 Å². The molecular formula is C14H11FN4. The topological polar surface area (TPSA) is 56.7 Å². The van der Waals surface area contributed by atoms with Crippen LogP contribution in [0.2, 0.25) is 0 Å². The Kier molecular flexibility index (Phi) is 2.72. The van der Waals surface area contributed by atoms with Gasteiger partial charge >= 0.3 is 0 Å². The molecule has 2 N–H and O–H groups in total. The van der Waals surface area contributed by atoms with Crippen molar-refractivity contribution in [3.8, 4) is 16.9 Å². The van der Waals surface area contributed by atoms with E-state index in [9.17, 15) is 4.39 Å². The molecule has 0 amide bonds. The highest BCUT2D eigenvalue weighted by molar-refractivity contribution is 5.71. The van der Waals surface area contributed by atoms with Gasteiger partial charge in [-0.1, -0.05) is 0 Å². The van der Waals surface area contributed by atoms with Gasteiger partial charge in [0.05, 0.1) is 18.2 Å². The van der Waals surface area contributed by atoms with Crippen LogP contribution in [-0.4, -0.2) is 14.5 Å². The van der Waals surface area contributed by atoms with Crippen LogP contribution in [0.5, 0.6) is 0 Å². The van der Waals surface area contributed by atoms with Gasteiger partial charge in [-0.2, -0.15) is 0 Å². The first-order valence-electron chi connectivity index (χ1n) is 5.75. The summed E-state index contributed by atoms with van der Waals surface area (Å²) in [5.41, 5.74) is 8.30. The number of nitrogens with zero attached hydrogens (tertiary/aromatic N) is 3. The molecule has 0 bridgehead atoms. The lowest BCUT2D eigenvalue weighted by Crippen LogP contribution is -1.99. The summed E-state index contributed by atoms with van der Waals surface area (Å²) in [5, 5.41) is 0. The van der Waals surface area contributed by atoms with Crippen LogP contribution in [0.25, 0.3) is 16.9 Å². The SMILES string of the molecule is Nc1ncccc1-c1cncn1-c1ccc(F)cc1. The van der Waals surface area contributed by atoms with Crippen molar-refractivity contribution in [3.63, 3.8) is 0 Å². The minimum Gasteiger partial charge on any atom is -0.383 e. The van der Waals surface area contributed by atoms with Gasteiger partial charge in [0, 0.05) is 17.4 Å². The smallest absolute Gasteiger partial charge is 0.132 e. The van der Waals surface area contributed by atoms with Gasteiger partial charge in [-0.3, -0.25) is 4.57 Å². The minimum absolute atomic E-state index is 0.272. The molecule has 0 atom stereocenters. The average molecular weight is 254 g/mol. The van der Waals surface area contributed by atoms with Crippen molar-refractivity contribution in [2.24, 2.45) is 0 Å². The molecular weight excluding hydrogens is 243 g/mol. The number of nitrogen functional groups attached to an aromatic ring is 1. The predicted molar refractivity (Wildman–Crippen MR) is 71.2 cm³/mol. The normalized spacial score (nSPS) is 10.6. The Bertz CT molecular complexity index is 703. The fourth-order valence-corrected chi connectivity index (χ4v) is 1.94. The fraction of sp³-hybridized carbons (Fsp3) is 0. The summed E-state index contributed by atoms with van der Waals surface area (Å²) in [7, 11) is 0. The Hall–Kier alpha value is -2.69. The van der Waals surface area contributed by atoms with E-state index in [0.717, 1.165) is 16.9 Å². The summed E-state index contributed by atoms with van der Waals surface area (Å²) in [5.74, 6) is 0.165. The molecule has 2 heterocycles. The maximum atomic E-state index is 13.0. The van der Waals surface area contributed by atoms with Gasteiger partial charge in [0.1, 0.15) is 11.6 Å². The quantitative estimate of drug-likeness (QED) is 0.764. The van der Waals surface area contributed by atoms with Gasteiger partial charge in [0.2, 0.25) is 0 Å². The molecule has 2 aromatic heterocycles. The van der Waals surface area contributed by atoms with Crippen molar-refractivity contribution < 1.29 is 4.39 Å². The van der Waals surface area contributed by atoms with E-state index in [2.05, 4.69) is 9.97 Å². The summed E-state index contributed by atoms with van der Waals surface area (Å²) >= 11 is 0. The second-order valence-corrected chi connectivity index (χ2v) is 4.06. The number of halogens is 1. The number of benzene rings is 1. The molecule has 4 nitrogen and oxygen atoms in total. The van der Waals surface area contributed by atoms with E-state index in [-0.39, 0.29) is 5.82 Å². The Morgan fingerprint density at radius 1 is 1.11 bits per heavy atom. The third-order valence-corrected chi connectivity index (χ3v) is 2.86. The second kappa shape index (κ2) is 4.53. The maximum absolute atomic E-state index is 13.0. The highest BCUT2D eigenvalue weighted by Crippen LogP contribution is 2.26. The summed E-state index contributed by atoms with van der Waals surface area (Å²) in [6.07, 6.45) is 5.00. The first kappa shape index (κ1) is 11.4. The highest BCUT2D eigenvalue weighted by Gasteiger charge is 2.10. The van der Waals surface area contributed by atoms with E-state index in [1.165, 1.54) is 12.1 Å². The number of rotatable bonds is 2. The fourth-order valence-electron chi connectivity index (χ4n) is 1.94. The van der Waals surface area contributed by atoms with E-state index in [4.69, 9.17) is 5.73 Å². The molecule has 19 heavy (non-hydrogen) atoms. The van der Waals surface area contributed by atoms with Gasteiger partial charge in [0.25, 0.3) is 0 Å². The Labute approximate surface area is 109 Å². The van der Waals surface area contributed by atoms with Gasteiger partial charge in [0.15, 0.2) is 0 Å². The largest absolute Gasteiger partial charge is 0.383 e. The molecule has 3 rings (SSSR count). The summed E-state index contributed by atoms with van der Waals surface area (Å²) in [6.45, 7) is 0. The van der Waals surface area contributed by atoms with Gasteiger partial charge in [-0.05, 0) is 36.4 Å².